The van der Waals surface area contributed by atoms with Gasteiger partial charge in [-0.25, -0.2) is 0 Å². The smallest absolute Gasteiger partial charge is 0.320 e. The summed E-state index contributed by atoms with van der Waals surface area (Å²) in [6.07, 6.45) is 4.48. The Morgan fingerprint density at radius 3 is 1.82 bits per heavy atom. The molecule has 0 spiro atoms. The summed E-state index contributed by atoms with van der Waals surface area (Å²) in [6, 6.07) is 0. The molecule has 0 heterocycles. The van der Waals surface area contributed by atoms with Crippen molar-refractivity contribution in [1.29, 1.82) is 0 Å². The fourth-order valence-electron chi connectivity index (χ4n) is 1.84. The van der Waals surface area contributed by atoms with E-state index in [2.05, 4.69) is 0 Å². The van der Waals surface area contributed by atoms with Gasteiger partial charge in [0, 0.05) is 0 Å². The number of hydrogen-bond donors (Lipinski definition) is 0. The molecule has 0 unspecified atom stereocenters. The summed E-state index contributed by atoms with van der Waals surface area (Å²) in [7, 11) is 0. The summed E-state index contributed by atoms with van der Waals surface area (Å²) in [5.41, 5.74) is 0. The van der Waals surface area contributed by atoms with Gasteiger partial charge < -0.3 is 9.47 Å². The third-order valence-corrected chi connectivity index (χ3v) is 3.03. The summed E-state index contributed by atoms with van der Waals surface area (Å²) in [4.78, 5) is 23.6. The summed E-state index contributed by atoms with van der Waals surface area (Å²) < 4.78 is 10.1. The normalized spacial score (nSPS) is 15.5. The summed E-state index contributed by atoms with van der Waals surface area (Å²) in [5, 5.41) is 0. The van der Waals surface area contributed by atoms with Crippen molar-refractivity contribution in [1.82, 2.24) is 0 Å². The summed E-state index contributed by atoms with van der Waals surface area (Å²) >= 11 is 0. The van der Waals surface area contributed by atoms with E-state index < -0.39 is 17.9 Å². The molecule has 1 aliphatic rings. The molecule has 0 aliphatic heterocycles. The van der Waals surface area contributed by atoms with Crippen LogP contribution < -0.4 is 0 Å². The quantitative estimate of drug-likeness (QED) is 0.508. The molecule has 4 nitrogen and oxygen atoms in total. The predicted octanol–water partition coefficient (Wildman–Crippen LogP) is 2.31. The number of carbonyl (C=O) groups excluding carboxylic acids is 2. The molecule has 0 aromatic carbocycles. The SMILES string of the molecule is CCCOC(=O)C(C(=O)OCCC)C1CCC1. The first kappa shape index (κ1) is 14.0. The fourth-order valence-corrected chi connectivity index (χ4v) is 1.84. The zero-order valence-electron chi connectivity index (χ0n) is 10.7. The van der Waals surface area contributed by atoms with E-state index in [-0.39, 0.29) is 5.92 Å². The van der Waals surface area contributed by atoms with Crippen molar-refractivity contribution in [2.24, 2.45) is 11.8 Å². The average molecular weight is 242 g/mol. The van der Waals surface area contributed by atoms with E-state index in [1.807, 2.05) is 13.8 Å². The Hall–Kier alpha value is -1.06. The second kappa shape index (κ2) is 7.30. The third-order valence-electron chi connectivity index (χ3n) is 3.03. The van der Waals surface area contributed by atoms with Gasteiger partial charge in [0.2, 0.25) is 0 Å². The van der Waals surface area contributed by atoms with Crippen LogP contribution in [0.15, 0.2) is 0 Å². The fraction of sp³-hybridized carbons (Fsp3) is 0.846. The maximum absolute atomic E-state index is 11.8. The van der Waals surface area contributed by atoms with E-state index in [9.17, 15) is 9.59 Å². The lowest BCUT2D eigenvalue weighted by molar-refractivity contribution is -0.166. The van der Waals surface area contributed by atoms with Crippen molar-refractivity contribution in [3.8, 4) is 0 Å². The highest BCUT2D eigenvalue weighted by Crippen LogP contribution is 2.34. The largest absolute Gasteiger partial charge is 0.465 e. The molecule has 1 rings (SSSR count). The molecule has 0 bridgehead atoms. The minimum Gasteiger partial charge on any atom is -0.465 e. The Labute approximate surface area is 103 Å². The molecule has 0 N–H and O–H groups in total. The Morgan fingerprint density at radius 1 is 1.06 bits per heavy atom. The Morgan fingerprint density at radius 2 is 1.53 bits per heavy atom. The van der Waals surface area contributed by atoms with Crippen LogP contribution in [-0.4, -0.2) is 25.2 Å². The van der Waals surface area contributed by atoms with Crippen molar-refractivity contribution >= 4 is 11.9 Å². The predicted molar refractivity (Wildman–Crippen MR) is 63.3 cm³/mol. The van der Waals surface area contributed by atoms with Crippen LogP contribution in [0.2, 0.25) is 0 Å². The highest BCUT2D eigenvalue weighted by Gasteiger charge is 2.40. The lowest BCUT2D eigenvalue weighted by Crippen LogP contribution is -2.37. The summed E-state index contributed by atoms with van der Waals surface area (Å²) in [5.74, 6) is -1.37. The maximum atomic E-state index is 11.8. The zero-order chi connectivity index (χ0) is 12.7. The highest BCUT2D eigenvalue weighted by molar-refractivity contribution is 5.95. The molecule has 1 fully saturated rings. The van der Waals surface area contributed by atoms with Gasteiger partial charge in [0.05, 0.1) is 13.2 Å². The molecule has 0 saturated heterocycles. The van der Waals surface area contributed by atoms with Gasteiger partial charge in [-0.15, -0.1) is 0 Å². The van der Waals surface area contributed by atoms with Crippen LogP contribution in [0.25, 0.3) is 0 Å². The summed E-state index contributed by atoms with van der Waals surface area (Å²) in [6.45, 7) is 4.62. The van der Waals surface area contributed by atoms with Crippen LogP contribution in [0.3, 0.4) is 0 Å². The molecule has 0 aromatic heterocycles. The highest BCUT2D eigenvalue weighted by atomic mass is 16.6. The van der Waals surface area contributed by atoms with Gasteiger partial charge in [0.25, 0.3) is 0 Å². The van der Waals surface area contributed by atoms with Crippen molar-refractivity contribution in [2.45, 2.75) is 46.0 Å². The topological polar surface area (TPSA) is 52.6 Å². The van der Waals surface area contributed by atoms with Crippen molar-refractivity contribution in [3.63, 3.8) is 0 Å². The molecular weight excluding hydrogens is 220 g/mol. The van der Waals surface area contributed by atoms with E-state index in [0.717, 1.165) is 32.1 Å². The third kappa shape index (κ3) is 4.02. The lowest BCUT2D eigenvalue weighted by atomic mass is 9.76. The molecule has 0 atom stereocenters. The number of ether oxygens (including phenoxy) is 2. The Bertz CT molecular complexity index is 238. The van der Waals surface area contributed by atoms with E-state index in [0.29, 0.717) is 13.2 Å². The molecule has 1 saturated carbocycles. The molecule has 0 radical (unpaired) electrons. The van der Waals surface area contributed by atoms with Crippen LogP contribution >= 0.6 is 0 Å². The minimum absolute atomic E-state index is 0.128. The van der Waals surface area contributed by atoms with Crippen LogP contribution in [0.4, 0.5) is 0 Å². The monoisotopic (exact) mass is 242 g/mol. The Balaban J connectivity index is 2.52. The molecule has 1 aliphatic carbocycles. The van der Waals surface area contributed by atoms with Gasteiger partial charge >= 0.3 is 11.9 Å². The van der Waals surface area contributed by atoms with Crippen LogP contribution in [0, 0.1) is 11.8 Å². The molecule has 0 aromatic rings. The second-order valence-electron chi connectivity index (χ2n) is 4.50. The number of rotatable bonds is 7. The molecular formula is C13H22O4. The van der Waals surface area contributed by atoms with Crippen LogP contribution in [0.1, 0.15) is 46.0 Å². The lowest BCUT2D eigenvalue weighted by Gasteiger charge is -2.30. The standard InChI is InChI=1S/C13H22O4/c1-3-8-16-12(14)11(10-6-5-7-10)13(15)17-9-4-2/h10-11H,3-9H2,1-2H3. The van der Waals surface area contributed by atoms with Crippen molar-refractivity contribution in [3.05, 3.63) is 0 Å². The van der Waals surface area contributed by atoms with Gasteiger partial charge in [-0.1, -0.05) is 20.3 Å². The minimum atomic E-state index is -0.693. The zero-order valence-corrected chi connectivity index (χ0v) is 10.7. The Kier molecular flexibility index (Phi) is 6.01. The molecule has 17 heavy (non-hydrogen) atoms. The van der Waals surface area contributed by atoms with Gasteiger partial charge in [0.15, 0.2) is 5.92 Å². The van der Waals surface area contributed by atoms with E-state index in [1.54, 1.807) is 0 Å². The first-order chi connectivity index (χ1) is 8.20. The first-order valence-corrected chi connectivity index (χ1v) is 6.54. The number of carbonyl (C=O) groups is 2. The van der Waals surface area contributed by atoms with Crippen molar-refractivity contribution < 1.29 is 19.1 Å². The second-order valence-corrected chi connectivity index (χ2v) is 4.50. The first-order valence-electron chi connectivity index (χ1n) is 6.54. The van der Waals surface area contributed by atoms with Gasteiger partial charge in [0.1, 0.15) is 0 Å². The number of esters is 2. The van der Waals surface area contributed by atoms with E-state index in [4.69, 9.17) is 9.47 Å². The van der Waals surface area contributed by atoms with Gasteiger partial charge in [-0.05, 0) is 31.6 Å². The maximum Gasteiger partial charge on any atom is 0.320 e. The van der Waals surface area contributed by atoms with Gasteiger partial charge in [-0.3, -0.25) is 9.59 Å². The van der Waals surface area contributed by atoms with Crippen molar-refractivity contribution in [2.75, 3.05) is 13.2 Å². The average Bonchev–Trinajstić information content (AvgIpc) is 2.27. The molecule has 98 valence electrons. The van der Waals surface area contributed by atoms with Gasteiger partial charge in [-0.2, -0.15) is 0 Å². The molecule has 4 heteroatoms. The van der Waals surface area contributed by atoms with E-state index >= 15 is 0 Å². The van der Waals surface area contributed by atoms with E-state index in [1.165, 1.54) is 0 Å². The van der Waals surface area contributed by atoms with Crippen LogP contribution in [-0.2, 0) is 19.1 Å². The molecule has 0 amide bonds. The number of hydrogen-bond acceptors (Lipinski definition) is 4. The van der Waals surface area contributed by atoms with Crippen LogP contribution in [0.5, 0.6) is 0 Å².